The fourth-order valence-electron chi connectivity index (χ4n) is 3.98. The molecule has 0 radical (unpaired) electrons. The van der Waals surface area contributed by atoms with Crippen LogP contribution >= 0.6 is 35.7 Å². The molecule has 7 nitrogen and oxygen atoms in total. The Morgan fingerprint density at radius 2 is 2.20 bits per heavy atom. The number of pyridine rings is 1. The normalized spacial score (nSPS) is 22.4. The van der Waals surface area contributed by atoms with Gasteiger partial charge in [-0.15, -0.1) is 24.0 Å². The maximum Gasteiger partial charge on any atom is 0.222 e. The molecule has 30 heavy (non-hydrogen) atoms. The molecule has 2 atom stereocenters. The average molecular weight is 547 g/mol. The van der Waals surface area contributed by atoms with Gasteiger partial charge in [-0.1, -0.05) is 13.0 Å². The molecular weight excluding hydrogens is 511 g/mol. The average Bonchev–Trinajstić information content (AvgIpc) is 2.77. The molecular formula is C21H35IN6OS. The Balaban J connectivity index is 0.00000320. The van der Waals surface area contributed by atoms with Crippen LogP contribution in [0.1, 0.15) is 38.7 Å². The summed E-state index contributed by atoms with van der Waals surface area (Å²) in [5, 5.41) is 4.13. The van der Waals surface area contributed by atoms with E-state index in [4.69, 9.17) is 10.7 Å². The molecule has 3 N–H and O–H groups in total. The Hall–Kier alpha value is -1.23. The Morgan fingerprint density at radius 3 is 2.93 bits per heavy atom. The molecule has 168 valence electrons. The van der Waals surface area contributed by atoms with Crippen LogP contribution in [0.2, 0.25) is 0 Å². The zero-order valence-electron chi connectivity index (χ0n) is 18.0. The summed E-state index contributed by atoms with van der Waals surface area (Å²) in [6.45, 7) is 9.40. The summed E-state index contributed by atoms with van der Waals surface area (Å²) in [4.78, 5) is 25.8. The van der Waals surface area contributed by atoms with Gasteiger partial charge in [0.2, 0.25) is 5.91 Å². The monoisotopic (exact) mass is 546 g/mol. The number of nitrogens with one attached hydrogen (secondary N) is 1. The van der Waals surface area contributed by atoms with Gasteiger partial charge in [-0.05, 0) is 32.3 Å². The predicted octanol–water partition coefficient (Wildman–Crippen LogP) is 2.69. The van der Waals surface area contributed by atoms with Crippen molar-refractivity contribution in [1.29, 1.82) is 0 Å². The molecule has 1 amide bonds. The fourth-order valence-corrected chi connectivity index (χ4v) is 5.16. The molecule has 9 heteroatoms. The summed E-state index contributed by atoms with van der Waals surface area (Å²) < 4.78 is 0. The van der Waals surface area contributed by atoms with Crippen molar-refractivity contribution in [3.8, 4) is 0 Å². The molecule has 1 aromatic heterocycles. The van der Waals surface area contributed by atoms with Crippen molar-refractivity contribution in [3.63, 3.8) is 0 Å². The number of thioether (sulfide) groups is 1. The third kappa shape index (κ3) is 6.63. The van der Waals surface area contributed by atoms with Gasteiger partial charge in [-0.3, -0.25) is 4.79 Å². The number of primary amides is 1. The van der Waals surface area contributed by atoms with E-state index in [9.17, 15) is 4.79 Å². The highest BCUT2D eigenvalue weighted by Gasteiger charge is 2.26. The van der Waals surface area contributed by atoms with Crippen molar-refractivity contribution in [2.75, 3.05) is 43.4 Å². The second-order valence-electron chi connectivity index (χ2n) is 7.69. The highest BCUT2D eigenvalue weighted by molar-refractivity contribution is 14.0. The number of aliphatic imine (C=N–C) groups is 1. The van der Waals surface area contributed by atoms with E-state index in [-0.39, 0.29) is 35.8 Å². The topological polar surface area (TPSA) is 86.9 Å². The lowest BCUT2D eigenvalue weighted by atomic mass is 9.97. The first kappa shape index (κ1) is 25.0. The molecule has 0 spiro atoms. The number of carbonyl (C=O) groups excluding carboxylic acids is 1. The van der Waals surface area contributed by atoms with Crippen LogP contribution in [0.3, 0.4) is 0 Å². The molecule has 2 aliphatic heterocycles. The quantitative estimate of drug-likeness (QED) is 0.324. The van der Waals surface area contributed by atoms with E-state index < -0.39 is 0 Å². The number of hydrogen-bond donors (Lipinski definition) is 2. The second kappa shape index (κ2) is 12.6. The summed E-state index contributed by atoms with van der Waals surface area (Å²) in [5.41, 5.74) is 6.65. The number of nitrogens with zero attached hydrogens (tertiary/aromatic N) is 4. The SMILES string of the molecule is CCNC(=NCc1cccnc1N1CCCC(C(N)=O)C1)N1CCSC(CC)C1.I. The first-order valence-corrected chi connectivity index (χ1v) is 11.8. The lowest BCUT2D eigenvalue weighted by Gasteiger charge is -2.34. The van der Waals surface area contributed by atoms with Crippen LogP contribution in [0.4, 0.5) is 5.82 Å². The lowest BCUT2D eigenvalue weighted by molar-refractivity contribution is -0.122. The Morgan fingerprint density at radius 1 is 1.37 bits per heavy atom. The third-order valence-corrected chi connectivity index (χ3v) is 6.99. The van der Waals surface area contributed by atoms with Crippen LogP contribution in [0.15, 0.2) is 23.3 Å². The molecule has 2 saturated heterocycles. The molecule has 2 aliphatic rings. The van der Waals surface area contributed by atoms with E-state index in [0.717, 1.165) is 62.1 Å². The van der Waals surface area contributed by atoms with E-state index in [1.807, 2.05) is 12.3 Å². The summed E-state index contributed by atoms with van der Waals surface area (Å²) in [6, 6.07) is 4.05. The zero-order chi connectivity index (χ0) is 20.6. The largest absolute Gasteiger partial charge is 0.369 e. The maximum atomic E-state index is 11.7. The van der Waals surface area contributed by atoms with Gasteiger partial charge in [0.25, 0.3) is 0 Å². The number of halogens is 1. The van der Waals surface area contributed by atoms with Crippen LogP contribution in [-0.4, -0.2) is 65.5 Å². The van der Waals surface area contributed by atoms with E-state index in [2.05, 4.69) is 51.8 Å². The lowest BCUT2D eigenvalue weighted by Crippen LogP contribution is -2.48. The number of guanidine groups is 1. The smallest absolute Gasteiger partial charge is 0.222 e. The van der Waals surface area contributed by atoms with Gasteiger partial charge in [0.05, 0.1) is 12.5 Å². The van der Waals surface area contributed by atoms with Crippen molar-refractivity contribution in [1.82, 2.24) is 15.2 Å². The molecule has 0 saturated carbocycles. The molecule has 2 fully saturated rings. The van der Waals surface area contributed by atoms with Crippen LogP contribution in [-0.2, 0) is 11.3 Å². The van der Waals surface area contributed by atoms with Gasteiger partial charge in [0, 0.05) is 55.5 Å². The number of nitrogens with two attached hydrogens (primary N) is 1. The Kier molecular flexibility index (Phi) is 10.5. The summed E-state index contributed by atoms with van der Waals surface area (Å²) >= 11 is 2.06. The van der Waals surface area contributed by atoms with Crippen molar-refractivity contribution < 1.29 is 4.79 Å². The summed E-state index contributed by atoms with van der Waals surface area (Å²) in [6.07, 6.45) is 4.82. The van der Waals surface area contributed by atoms with Crippen LogP contribution in [0, 0.1) is 5.92 Å². The molecule has 3 heterocycles. The Bertz CT molecular complexity index is 718. The minimum atomic E-state index is -0.215. The van der Waals surface area contributed by atoms with E-state index in [1.165, 1.54) is 6.42 Å². The van der Waals surface area contributed by atoms with E-state index in [1.54, 1.807) is 0 Å². The minimum Gasteiger partial charge on any atom is -0.369 e. The first-order valence-electron chi connectivity index (χ1n) is 10.7. The van der Waals surface area contributed by atoms with Crippen LogP contribution < -0.4 is 16.0 Å². The second-order valence-corrected chi connectivity index (χ2v) is 9.10. The molecule has 0 aliphatic carbocycles. The van der Waals surface area contributed by atoms with Crippen molar-refractivity contribution in [2.24, 2.45) is 16.6 Å². The number of carbonyl (C=O) groups is 1. The van der Waals surface area contributed by atoms with Crippen molar-refractivity contribution in [2.45, 2.75) is 44.9 Å². The number of amides is 1. The maximum absolute atomic E-state index is 11.7. The number of hydrogen-bond acceptors (Lipinski definition) is 5. The van der Waals surface area contributed by atoms with Gasteiger partial charge < -0.3 is 20.9 Å². The number of anilines is 1. The standard InChI is InChI=1S/C21H34N6OS.HI/c1-3-18-15-27(11-12-29-18)21(23-4-2)25-13-16-7-5-9-24-20(16)26-10-6-8-17(14-26)19(22)28;/h5,7,9,17-18H,3-4,6,8,10-15H2,1-2H3,(H2,22,28)(H,23,25);1H. The van der Waals surface area contributed by atoms with Gasteiger partial charge in [-0.25, -0.2) is 9.98 Å². The highest BCUT2D eigenvalue weighted by Crippen LogP contribution is 2.25. The fraction of sp³-hybridized carbons (Fsp3) is 0.667. The molecule has 0 bridgehead atoms. The predicted molar refractivity (Wildman–Crippen MR) is 137 cm³/mol. The highest BCUT2D eigenvalue weighted by atomic mass is 127. The zero-order valence-corrected chi connectivity index (χ0v) is 21.2. The van der Waals surface area contributed by atoms with Gasteiger partial charge in [0.15, 0.2) is 5.96 Å². The Labute approximate surface area is 201 Å². The summed E-state index contributed by atoms with van der Waals surface area (Å²) in [7, 11) is 0. The molecule has 2 unspecified atom stereocenters. The van der Waals surface area contributed by atoms with Crippen molar-refractivity contribution in [3.05, 3.63) is 23.9 Å². The third-order valence-electron chi connectivity index (χ3n) is 5.62. The van der Waals surface area contributed by atoms with E-state index in [0.29, 0.717) is 18.3 Å². The minimum absolute atomic E-state index is 0. The van der Waals surface area contributed by atoms with Gasteiger partial charge in [-0.2, -0.15) is 11.8 Å². The first-order chi connectivity index (χ1) is 14.1. The summed E-state index contributed by atoms with van der Waals surface area (Å²) in [5.74, 6) is 2.74. The van der Waals surface area contributed by atoms with Crippen LogP contribution in [0.5, 0.6) is 0 Å². The van der Waals surface area contributed by atoms with E-state index >= 15 is 0 Å². The molecule has 0 aromatic carbocycles. The molecule has 3 rings (SSSR count). The number of rotatable bonds is 6. The van der Waals surface area contributed by atoms with Crippen molar-refractivity contribution >= 4 is 53.4 Å². The van der Waals surface area contributed by atoms with Gasteiger partial charge in [0.1, 0.15) is 5.82 Å². The number of piperidine rings is 1. The van der Waals surface area contributed by atoms with Crippen LogP contribution in [0.25, 0.3) is 0 Å². The molecule has 1 aromatic rings. The van der Waals surface area contributed by atoms with Gasteiger partial charge >= 0.3 is 0 Å². The number of aromatic nitrogens is 1.